The van der Waals surface area contributed by atoms with E-state index in [0.29, 0.717) is 23.5 Å². The van der Waals surface area contributed by atoms with Crippen molar-refractivity contribution in [3.63, 3.8) is 0 Å². The lowest BCUT2D eigenvalue weighted by Gasteiger charge is -2.22. The molecule has 7 heteroatoms. The van der Waals surface area contributed by atoms with Crippen molar-refractivity contribution >= 4 is 17.9 Å². The molecule has 0 radical (unpaired) electrons. The van der Waals surface area contributed by atoms with Gasteiger partial charge in [-0.2, -0.15) is 5.10 Å². The second kappa shape index (κ2) is 9.73. The number of carbonyl (C=O) groups excluding carboxylic acids is 2. The molecule has 2 N–H and O–H groups in total. The molecule has 0 heterocycles. The third kappa shape index (κ3) is 6.34. The summed E-state index contributed by atoms with van der Waals surface area (Å²) in [5.41, 5.74) is 3.28. The van der Waals surface area contributed by atoms with Crippen molar-refractivity contribution < 1.29 is 24.2 Å². The number of nitrogens with zero attached hydrogens (tertiary/aromatic N) is 1. The maximum atomic E-state index is 12.5. The molecule has 0 bridgehead atoms. The normalized spacial score (nSPS) is 11.3. The van der Waals surface area contributed by atoms with E-state index in [-0.39, 0.29) is 18.0 Å². The van der Waals surface area contributed by atoms with Crippen LogP contribution in [0.4, 0.5) is 0 Å². The number of phenolic OH excluding ortho intramolecular Hbond substituents is 1. The summed E-state index contributed by atoms with van der Waals surface area (Å²) < 4.78 is 10.4. The molecule has 2 aromatic carbocycles. The van der Waals surface area contributed by atoms with Gasteiger partial charge in [-0.15, -0.1) is 0 Å². The van der Waals surface area contributed by atoms with E-state index < -0.39 is 11.3 Å². The zero-order chi connectivity index (χ0) is 21.4. The molecule has 0 fully saturated rings. The van der Waals surface area contributed by atoms with E-state index in [9.17, 15) is 14.7 Å². The van der Waals surface area contributed by atoms with E-state index in [0.717, 1.165) is 5.56 Å². The van der Waals surface area contributed by atoms with Crippen LogP contribution in [0.15, 0.2) is 47.6 Å². The number of hydrogen-bond donors (Lipinski definition) is 2. The molecular formula is C22H26N2O5. The van der Waals surface area contributed by atoms with Gasteiger partial charge in [0, 0.05) is 5.41 Å². The number of aromatic hydroxyl groups is 1. The number of ether oxygens (including phenoxy) is 2. The molecule has 0 saturated carbocycles. The van der Waals surface area contributed by atoms with Gasteiger partial charge in [0.1, 0.15) is 11.5 Å². The van der Waals surface area contributed by atoms with Gasteiger partial charge in [-0.25, -0.2) is 5.43 Å². The maximum absolute atomic E-state index is 12.5. The Balaban J connectivity index is 1.91. The molecule has 2 rings (SSSR count). The first-order chi connectivity index (χ1) is 13.7. The Kier molecular flexibility index (Phi) is 7.36. The number of carbonyl (C=O) groups is 2. The first-order valence-corrected chi connectivity index (χ1v) is 9.10. The standard InChI is InChI=1S/C22H26N2O5/c1-22(2,13-15-5-8-17(25)9-6-15)20(26)12-21(27)24-23-14-16-7-10-18(28-3)19(11-16)29-4/h5-11,14,25H,12-13H2,1-4H3,(H,24,27)/b23-14+. The van der Waals surface area contributed by atoms with Gasteiger partial charge in [-0.1, -0.05) is 26.0 Å². The van der Waals surface area contributed by atoms with Crippen molar-refractivity contribution in [3.8, 4) is 17.2 Å². The summed E-state index contributed by atoms with van der Waals surface area (Å²) in [6, 6.07) is 11.9. The van der Waals surface area contributed by atoms with Crippen molar-refractivity contribution in [1.82, 2.24) is 5.43 Å². The summed E-state index contributed by atoms with van der Waals surface area (Å²) in [6.45, 7) is 3.59. The Bertz CT molecular complexity index is 889. The van der Waals surface area contributed by atoms with Crippen molar-refractivity contribution in [2.24, 2.45) is 10.5 Å². The van der Waals surface area contributed by atoms with Crippen LogP contribution in [0.25, 0.3) is 0 Å². The zero-order valence-electron chi connectivity index (χ0n) is 17.1. The van der Waals surface area contributed by atoms with Gasteiger partial charge in [-0.05, 0) is 47.9 Å². The molecule has 0 aliphatic heterocycles. The molecule has 0 aromatic heterocycles. The maximum Gasteiger partial charge on any atom is 0.247 e. The fourth-order valence-electron chi connectivity index (χ4n) is 2.76. The second-order valence-electron chi connectivity index (χ2n) is 7.23. The zero-order valence-corrected chi connectivity index (χ0v) is 17.1. The van der Waals surface area contributed by atoms with Crippen LogP contribution in [0.5, 0.6) is 17.2 Å². The third-order valence-corrected chi connectivity index (χ3v) is 4.47. The molecule has 0 aliphatic carbocycles. The van der Waals surface area contributed by atoms with E-state index in [1.807, 2.05) is 0 Å². The van der Waals surface area contributed by atoms with Gasteiger partial charge < -0.3 is 14.6 Å². The Hall–Kier alpha value is -3.35. The van der Waals surface area contributed by atoms with Gasteiger partial charge in [-0.3, -0.25) is 9.59 Å². The quantitative estimate of drug-likeness (QED) is 0.384. The SMILES string of the molecule is COc1ccc(/C=N/NC(=O)CC(=O)C(C)(C)Cc2ccc(O)cc2)cc1OC. The number of amides is 1. The van der Waals surface area contributed by atoms with E-state index in [1.165, 1.54) is 13.3 Å². The smallest absolute Gasteiger partial charge is 0.247 e. The van der Waals surface area contributed by atoms with E-state index in [2.05, 4.69) is 10.5 Å². The molecule has 0 unspecified atom stereocenters. The highest BCUT2D eigenvalue weighted by atomic mass is 16.5. The minimum Gasteiger partial charge on any atom is -0.508 e. The first kappa shape index (κ1) is 21.9. The summed E-state index contributed by atoms with van der Waals surface area (Å²) in [5.74, 6) is 0.642. The first-order valence-electron chi connectivity index (χ1n) is 9.10. The summed E-state index contributed by atoms with van der Waals surface area (Å²) in [5, 5.41) is 13.3. The number of benzene rings is 2. The molecule has 29 heavy (non-hydrogen) atoms. The van der Waals surface area contributed by atoms with Gasteiger partial charge >= 0.3 is 0 Å². The highest BCUT2D eigenvalue weighted by Crippen LogP contribution is 2.27. The topological polar surface area (TPSA) is 97.2 Å². The lowest BCUT2D eigenvalue weighted by Crippen LogP contribution is -2.31. The Morgan fingerprint density at radius 1 is 1.07 bits per heavy atom. The van der Waals surface area contributed by atoms with E-state index in [4.69, 9.17) is 9.47 Å². The fraction of sp³-hybridized carbons (Fsp3) is 0.318. The Labute approximate surface area is 170 Å². The van der Waals surface area contributed by atoms with Gasteiger partial charge in [0.25, 0.3) is 0 Å². The van der Waals surface area contributed by atoms with Crippen LogP contribution in [-0.2, 0) is 16.0 Å². The molecule has 7 nitrogen and oxygen atoms in total. The number of hydrogen-bond acceptors (Lipinski definition) is 6. The second-order valence-corrected chi connectivity index (χ2v) is 7.23. The van der Waals surface area contributed by atoms with Crippen LogP contribution < -0.4 is 14.9 Å². The van der Waals surface area contributed by atoms with Gasteiger partial charge in [0.15, 0.2) is 11.5 Å². The van der Waals surface area contributed by atoms with E-state index in [1.54, 1.807) is 63.4 Å². The minimum atomic E-state index is -0.721. The van der Waals surface area contributed by atoms with Crippen LogP contribution in [0.1, 0.15) is 31.4 Å². The summed E-state index contributed by atoms with van der Waals surface area (Å²) in [6.07, 6.45) is 1.66. The van der Waals surface area contributed by atoms with E-state index >= 15 is 0 Å². The predicted molar refractivity (Wildman–Crippen MR) is 110 cm³/mol. The number of Topliss-reactive ketones (excluding diaryl/α,β-unsaturated/α-hetero) is 1. The third-order valence-electron chi connectivity index (χ3n) is 4.47. The fourth-order valence-corrected chi connectivity index (χ4v) is 2.76. The van der Waals surface area contributed by atoms with Crippen LogP contribution in [0, 0.1) is 5.41 Å². The van der Waals surface area contributed by atoms with Gasteiger partial charge in [0.05, 0.1) is 26.9 Å². The summed E-state index contributed by atoms with van der Waals surface area (Å²) >= 11 is 0. The minimum absolute atomic E-state index is 0.171. The molecular weight excluding hydrogens is 372 g/mol. The lowest BCUT2D eigenvalue weighted by atomic mass is 9.80. The molecule has 1 amide bonds. The van der Waals surface area contributed by atoms with Gasteiger partial charge in [0.2, 0.25) is 5.91 Å². The monoisotopic (exact) mass is 398 g/mol. The number of phenols is 1. The summed E-state index contributed by atoms with van der Waals surface area (Å²) in [4.78, 5) is 24.6. The van der Waals surface area contributed by atoms with Crippen molar-refractivity contribution in [2.45, 2.75) is 26.7 Å². The number of nitrogens with one attached hydrogen (secondary N) is 1. The molecule has 0 saturated heterocycles. The molecule has 0 atom stereocenters. The molecule has 0 spiro atoms. The Morgan fingerprint density at radius 2 is 1.72 bits per heavy atom. The molecule has 0 aliphatic rings. The molecule has 2 aromatic rings. The van der Waals surface area contributed by atoms with Crippen molar-refractivity contribution in [2.75, 3.05) is 14.2 Å². The molecule has 154 valence electrons. The predicted octanol–water partition coefficient (Wildman–Crippen LogP) is 3.09. The van der Waals surface area contributed by atoms with Crippen molar-refractivity contribution in [3.05, 3.63) is 53.6 Å². The highest BCUT2D eigenvalue weighted by molar-refractivity contribution is 6.00. The van der Waals surface area contributed by atoms with Crippen LogP contribution in [-0.4, -0.2) is 37.2 Å². The number of ketones is 1. The average Bonchev–Trinajstić information content (AvgIpc) is 2.69. The number of hydrazone groups is 1. The van der Waals surface area contributed by atoms with Crippen LogP contribution >= 0.6 is 0 Å². The Morgan fingerprint density at radius 3 is 2.34 bits per heavy atom. The van der Waals surface area contributed by atoms with Crippen LogP contribution in [0.3, 0.4) is 0 Å². The highest BCUT2D eigenvalue weighted by Gasteiger charge is 2.29. The number of methoxy groups -OCH3 is 2. The largest absolute Gasteiger partial charge is 0.508 e. The average molecular weight is 398 g/mol. The summed E-state index contributed by atoms with van der Waals surface area (Å²) in [7, 11) is 3.08. The van der Waals surface area contributed by atoms with Crippen LogP contribution in [0.2, 0.25) is 0 Å². The van der Waals surface area contributed by atoms with Crippen molar-refractivity contribution in [1.29, 1.82) is 0 Å². The number of rotatable bonds is 9. The lowest BCUT2D eigenvalue weighted by molar-refractivity contribution is -0.133.